The van der Waals surface area contributed by atoms with E-state index in [0.29, 0.717) is 0 Å². The molecule has 0 fully saturated rings. The Morgan fingerprint density at radius 3 is 2.55 bits per heavy atom. The van der Waals surface area contributed by atoms with E-state index >= 15 is 0 Å². The van der Waals surface area contributed by atoms with E-state index in [4.69, 9.17) is 0 Å². The van der Waals surface area contributed by atoms with Gasteiger partial charge in [-0.2, -0.15) is 0 Å². The van der Waals surface area contributed by atoms with Gasteiger partial charge in [-0.3, -0.25) is 4.79 Å². The molecule has 0 atom stereocenters. The van der Waals surface area contributed by atoms with Crippen molar-refractivity contribution in [2.75, 3.05) is 6.26 Å². The molecule has 11 heavy (non-hydrogen) atoms. The molecule has 1 nitrogen and oxygen atoms in total. The number of rotatable bonds is 2. The van der Waals surface area contributed by atoms with Gasteiger partial charge in [-0.1, -0.05) is 42.1 Å². The molecule has 0 unspecified atom stereocenters. The van der Waals surface area contributed by atoms with Gasteiger partial charge >= 0.3 is 0 Å². The highest BCUT2D eigenvalue weighted by molar-refractivity contribution is 8.13. The Morgan fingerprint density at radius 2 is 2.00 bits per heavy atom. The molecule has 0 aliphatic rings. The maximum absolute atomic E-state index is 10.8. The third-order valence-corrected chi connectivity index (χ3v) is 1.68. The van der Waals surface area contributed by atoms with Crippen LogP contribution in [0.3, 0.4) is 0 Å². The number of hydrogen-bond donors (Lipinski definition) is 0. The van der Waals surface area contributed by atoms with Crippen LogP contribution in [0.25, 0.3) is 0 Å². The highest BCUT2D eigenvalue weighted by Gasteiger charge is 2.00. The standard InChI is InChI=1S/C9H8OS/c1-11-9(10)7-8-5-3-2-4-6-8/h2-6H,1H3. The molecular formula is C9H8OS. The van der Waals surface area contributed by atoms with Crippen molar-refractivity contribution >= 4 is 16.9 Å². The van der Waals surface area contributed by atoms with E-state index in [1.54, 1.807) is 6.26 Å². The first kappa shape index (κ1) is 8.34. The summed E-state index contributed by atoms with van der Waals surface area (Å²) in [5.41, 5.74) is 0.840. The van der Waals surface area contributed by atoms with Gasteiger partial charge in [-0.25, -0.2) is 0 Å². The highest BCUT2D eigenvalue weighted by atomic mass is 32.2. The summed E-state index contributed by atoms with van der Waals surface area (Å²) in [5, 5.41) is -0.0313. The van der Waals surface area contributed by atoms with E-state index in [1.165, 1.54) is 11.8 Å². The average Bonchev–Trinajstić information content (AvgIpc) is 2.06. The SMILES string of the molecule is CSC(=O)[C]c1ccccc1. The lowest BCUT2D eigenvalue weighted by atomic mass is 10.2. The monoisotopic (exact) mass is 164 g/mol. The fourth-order valence-corrected chi connectivity index (χ4v) is 0.910. The van der Waals surface area contributed by atoms with Crippen LogP contribution in [0.4, 0.5) is 0 Å². The molecule has 1 aromatic rings. The Morgan fingerprint density at radius 1 is 1.36 bits per heavy atom. The topological polar surface area (TPSA) is 17.1 Å². The zero-order valence-electron chi connectivity index (χ0n) is 6.20. The number of carbonyl (C=O) groups excluding carboxylic acids is 1. The molecule has 0 N–H and O–H groups in total. The van der Waals surface area contributed by atoms with E-state index in [1.807, 2.05) is 30.3 Å². The summed E-state index contributed by atoms with van der Waals surface area (Å²) >= 11 is 1.17. The van der Waals surface area contributed by atoms with Crippen LogP contribution in [0.2, 0.25) is 0 Å². The second kappa shape index (κ2) is 4.19. The van der Waals surface area contributed by atoms with E-state index in [2.05, 4.69) is 6.42 Å². The van der Waals surface area contributed by atoms with Crippen LogP contribution in [0.15, 0.2) is 30.3 Å². The van der Waals surface area contributed by atoms with Crippen LogP contribution >= 0.6 is 11.8 Å². The Kier molecular flexibility index (Phi) is 3.17. The van der Waals surface area contributed by atoms with Gasteiger partial charge < -0.3 is 0 Å². The van der Waals surface area contributed by atoms with Gasteiger partial charge in [0.15, 0.2) is 0 Å². The predicted octanol–water partition coefficient (Wildman–Crippen LogP) is 2.01. The van der Waals surface area contributed by atoms with Gasteiger partial charge in [0.05, 0.1) is 0 Å². The number of carbonyl (C=O) groups is 1. The quantitative estimate of drug-likeness (QED) is 0.665. The van der Waals surface area contributed by atoms with Crippen LogP contribution < -0.4 is 0 Å². The van der Waals surface area contributed by atoms with Crippen LogP contribution in [0.1, 0.15) is 5.56 Å². The molecule has 0 bridgehead atoms. The summed E-state index contributed by atoms with van der Waals surface area (Å²) in [4.78, 5) is 10.8. The van der Waals surface area contributed by atoms with Gasteiger partial charge in [-0.05, 0) is 11.8 Å². The van der Waals surface area contributed by atoms with Gasteiger partial charge in [0, 0.05) is 0 Å². The predicted molar refractivity (Wildman–Crippen MR) is 47.3 cm³/mol. The fraction of sp³-hybridized carbons (Fsp3) is 0.111. The summed E-state index contributed by atoms with van der Waals surface area (Å²) in [6.45, 7) is 0. The van der Waals surface area contributed by atoms with Crippen molar-refractivity contribution in [3.8, 4) is 0 Å². The first-order valence-electron chi connectivity index (χ1n) is 3.23. The lowest BCUT2D eigenvalue weighted by Crippen LogP contribution is -1.91. The van der Waals surface area contributed by atoms with Crippen molar-refractivity contribution in [1.29, 1.82) is 0 Å². The van der Waals surface area contributed by atoms with Crippen molar-refractivity contribution < 1.29 is 4.79 Å². The zero-order chi connectivity index (χ0) is 8.10. The Balaban J connectivity index is 2.58. The maximum atomic E-state index is 10.8. The minimum absolute atomic E-state index is 0.0313. The van der Waals surface area contributed by atoms with Crippen LogP contribution in [0, 0.1) is 6.42 Å². The smallest absolute Gasteiger partial charge is 0.202 e. The molecule has 0 aliphatic heterocycles. The molecule has 2 heteroatoms. The van der Waals surface area contributed by atoms with Gasteiger partial charge in [0.1, 0.15) is 6.42 Å². The van der Waals surface area contributed by atoms with Crippen LogP contribution in [-0.4, -0.2) is 11.4 Å². The first-order chi connectivity index (χ1) is 5.33. The summed E-state index contributed by atoms with van der Waals surface area (Å²) in [5.74, 6) is 0. The molecule has 0 saturated heterocycles. The van der Waals surface area contributed by atoms with E-state index in [-0.39, 0.29) is 5.12 Å². The molecule has 1 rings (SSSR count). The van der Waals surface area contributed by atoms with Crippen molar-refractivity contribution in [3.05, 3.63) is 42.3 Å². The zero-order valence-corrected chi connectivity index (χ0v) is 7.02. The second-order valence-corrected chi connectivity index (χ2v) is 2.76. The van der Waals surface area contributed by atoms with Crippen LogP contribution in [-0.2, 0) is 4.79 Å². The van der Waals surface area contributed by atoms with E-state index in [0.717, 1.165) is 5.56 Å². The summed E-state index contributed by atoms with van der Waals surface area (Å²) < 4.78 is 0. The third kappa shape index (κ3) is 2.76. The average molecular weight is 164 g/mol. The molecule has 0 amide bonds. The van der Waals surface area contributed by atoms with Crippen molar-refractivity contribution in [1.82, 2.24) is 0 Å². The highest BCUT2D eigenvalue weighted by Crippen LogP contribution is 2.07. The van der Waals surface area contributed by atoms with Crippen LogP contribution in [0.5, 0.6) is 0 Å². The lowest BCUT2D eigenvalue weighted by Gasteiger charge is -1.94. The molecule has 1 aromatic carbocycles. The lowest BCUT2D eigenvalue weighted by molar-refractivity contribution is -0.107. The van der Waals surface area contributed by atoms with Crippen molar-refractivity contribution in [2.45, 2.75) is 0 Å². The second-order valence-electron chi connectivity index (χ2n) is 1.98. The van der Waals surface area contributed by atoms with Crippen molar-refractivity contribution in [2.24, 2.45) is 0 Å². The molecule has 0 spiro atoms. The molecule has 2 radical (unpaired) electrons. The minimum Gasteiger partial charge on any atom is -0.286 e. The Bertz CT molecular complexity index is 231. The summed E-state index contributed by atoms with van der Waals surface area (Å²) in [7, 11) is 0. The number of thioether (sulfide) groups is 1. The van der Waals surface area contributed by atoms with Gasteiger partial charge in [0.2, 0.25) is 5.12 Å². The summed E-state index contributed by atoms with van der Waals surface area (Å²) in [6.07, 6.45) is 4.46. The van der Waals surface area contributed by atoms with Gasteiger partial charge in [0.25, 0.3) is 0 Å². The normalized spacial score (nSPS) is 9.55. The maximum Gasteiger partial charge on any atom is 0.202 e. The number of benzene rings is 1. The fourth-order valence-electron chi connectivity index (χ4n) is 0.690. The van der Waals surface area contributed by atoms with Gasteiger partial charge in [-0.15, -0.1) is 0 Å². The molecule has 0 aliphatic carbocycles. The van der Waals surface area contributed by atoms with E-state index in [9.17, 15) is 4.79 Å². The molecule has 0 aromatic heterocycles. The summed E-state index contributed by atoms with van der Waals surface area (Å²) in [6, 6.07) is 9.39. The molecule has 56 valence electrons. The molecule has 0 saturated carbocycles. The van der Waals surface area contributed by atoms with Crippen molar-refractivity contribution in [3.63, 3.8) is 0 Å². The third-order valence-electron chi connectivity index (χ3n) is 1.21. The molecular weight excluding hydrogens is 156 g/mol. The Labute approximate surface area is 70.8 Å². The van der Waals surface area contributed by atoms with E-state index < -0.39 is 0 Å². The first-order valence-corrected chi connectivity index (χ1v) is 4.45. The molecule has 0 heterocycles. The Hall–Kier alpha value is -0.760. The minimum atomic E-state index is -0.0313. The number of hydrogen-bond acceptors (Lipinski definition) is 2. The largest absolute Gasteiger partial charge is 0.286 e.